The van der Waals surface area contributed by atoms with Crippen LogP contribution < -0.4 is 9.47 Å². The Morgan fingerprint density at radius 2 is 1.85 bits per heavy atom. The van der Waals surface area contributed by atoms with Crippen molar-refractivity contribution in [3.05, 3.63) is 63.0 Å². The fraction of sp³-hybridized carbons (Fsp3) is 0.292. The molecular weight excluding hydrogens is 524 g/mol. The van der Waals surface area contributed by atoms with Gasteiger partial charge in [0.25, 0.3) is 11.1 Å². The fourth-order valence-corrected chi connectivity index (χ4v) is 4.58. The Balaban J connectivity index is 1.46. The third kappa shape index (κ3) is 5.81. The molecule has 0 unspecified atom stereocenters. The summed E-state index contributed by atoms with van der Waals surface area (Å²) in [6.07, 6.45) is 1.62. The van der Waals surface area contributed by atoms with E-state index in [0.717, 1.165) is 26.7 Å². The molecule has 2 aromatic rings. The molecule has 10 heteroatoms. The van der Waals surface area contributed by atoms with Gasteiger partial charge in [-0.1, -0.05) is 34.1 Å². The van der Waals surface area contributed by atoms with Crippen molar-refractivity contribution in [2.75, 3.05) is 40.0 Å². The number of thioether (sulfide) groups is 1. The third-order valence-corrected chi connectivity index (χ3v) is 6.76. The Kier molecular flexibility index (Phi) is 7.91. The van der Waals surface area contributed by atoms with Crippen LogP contribution in [0.4, 0.5) is 4.79 Å². The van der Waals surface area contributed by atoms with Gasteiger partial charge in [0.2, 0.25) is 5.91 Å². The molecule has 0 aliphatic carbocycles. The highest BCUT2D eigenvalue weighted by Crippen LogP contribution is 2.35. The molecule has 2 aliphatic heterocycles. The summed E-state index contributed by atoms with van der Waals surface area (Å²) in [4.78, 5) is 40.6. The van der Waals surface area contributed by atoms with Crippen LogP contribution in [0, 0.1) is 0 Å². The van der Waals surface area contributed by atoms with E-state index in [1.165, 1.54) is 0 Å². The predicted molar refractivity (Wildman–Crippen MR) is 132 cm³/mol. The van der Waals surface area contributed by atoms with Crippen LogP contribution in [-0.2, 0) is 20.9 Å². The van der Waals surface area contributed by atoms with Crippen LogP contribution in [0.5, 0.6) is 11.5 Å². The number of imide groups is 1. The molecular formula is C24H23BrN2O6S. The number of morpholine rings is 1. The second-order valence-electron chi connectivity index (χ2n) is 7.59. The number of hydrogen-bond donors (Lipinski definition) is 0. The first kappa shape index (κ1) is 24.3. The molecule has 2 aromatic carbocycles. The molecule has 2 heterocycles. The normalized spacial score (nSPS) is 17.4. The fourth-order valence-electron chi connectivity index (χ4n) is 3.47. The number of carbonyl (C=O) groups is 3. The van der Waals surface area contributed by atoms with Crippen molar-refractivity contribution in [3.63, 3.8) is 0 Å². The van der Waals surface area contributed by atoms with E-state index in [1.807, 2.05) is 24.3 Å². The van der Waals surface area contributed by atoms with Gasteiger partial charge in [0, 0.05) is 17.6 Å². The van der Waals surface area contributed by atoms with Gasteiger partial charge in [0.15, 0.2) is 11.5 Å². The lowest BCUT2D eigenvalue weighted by Gasteiger charge is -2.28. The molecule has 3 amide bonds. The van der Waals surface area contributed by atoms with Gasteiger partial charge in [-0.05, 0) is 53.2 Å². The van der Waals surface area contributed by atoms with Gasteiger partial charge in [-0.2, -0.15) is 0 Å². The van der Waals surface area contributed by atoms with E-state index < -0.39 is 11.1 Å². The quantitative estimate of drug-likeness (QED) is 0.486. The molecule has 0 radical (unpaired) electrons. The van der Waals surface area contributed by atoms with Crippen molar-refractivity contribution in [2.45, 2.75) is 6.61 Å². The van der Waals surface area contributed by atoms with Crippen molar-refractivity contribution in [3.8, 4) is 11.5 Å². The summed E-state index contributed by atoms with van der Waals surface area (Å²) in [7, 11) is 1.55. The highest BCUT2D eigenvalue weighted by Gasteiger charge is 2.37. The molecule has 2 fully saturated rings. The van der Waals surface area contributed by atoms with Crippen LogP contribution in [0.2, 0.25) is 0 Å². The second kappa shape index (κ2) is 11.1. The summed E-state index contributed by atoms with van der Waals surface area (Å²) < 4.78 is 17.6. The molecule has 8 nitrogen and oxygen atoms in total. The Hall–Kier alpha value is -2.82. The highest BCUT2D eigenvalue weighted by molar-refractivity contribution is 9.10. The monoisotopic (exact) mass is 546 g/mol. The van der Waals surface area contributed by atoms with E-state index in [0.29, 0.717) is 50.0 Å². The van der Waals surface area contributed by atoms with Gasteiger partial charge in [0.05, 0.1) is 25.2 Å². The average Bonchev–Trinajstić information content (AvgIpc) is 3.11. The minimum absolute atomic E-state index is 0.254. The first-order valence-corrected chi connectivity index (χ1v) is 12.2. The molecule has 178 valence electrons. The Labute approximate surface area is 210 Å². The summed E-state index contributed by atoms with van der Waals surface area (Å²) in [6, 6.07) is 13.1. The molecule has 0 bridgehead atoms. The SMILES string of the molecule is COc1ccc(/C=C2\SC(=O)N(CC(=O)N3CCOCC3)C2=O)cc1OCc1ccc(Br)cc1. The van der Waals surface area contributed by atoms with Crippen molar-refractivity contribution in [1.29, 1.82) is 0 Å². The number of methoxy groups -OCH3 is 1. The highest BCUT2D eigenvalue weighted by atomic mass is 79.9. The van der Waals surface area contributed by atoms with E-state index in [9.17, 15) is 14.4 Å². The van der Waals surface area contributed by atoms with E-state index in [1.54, 1.807) is 36.3 Å². The van der Waals surface area contributed by atoms with Crippen LogP contribution >= 0.6 is 27.7 Å². The van der Waals surface area contributed by atoms with Gasteiger partial charge in [-0.25, -0.2) is 0 Å². The summed E-state index contributed by atoms with van der Waals surface area (Å²) >= 11 is 4.23. The first-order valence-electron chi connectivity index (χ1n) is 10.6. The molecule has 34 heavy (non-hydrogen) atoms. The lowest BCUT2D eigenvalue weighted by molar-refractivity contribution is -0.139. The van der Waals surface area contributed by atoms with Crippen molar-refractivity contribution < 1.29 is 28.6 Å². The van der Waals surface area contributed by atoms with Crippen LogP contribution in [0.1, 0.15) is 11.1 Å². The zero-order chi connectivity index (χ0) is 24.1. The number of rotatable bonds is 7. The van der Waals surface area contributed by atoms with Crippen molar-refractivity contribution in [2.24, 2.45) is 0 Å². The second-order valence-corrected chi connectivity index (χ2v) is 9.50. The summed E-state index contributed by atoms with van der Waals surface area (Å²) in [6.45, 7) is 1.90. The zero-order valence-corrected chi connectivity index (χ0v) is 20.9. The van der Waals surface area contributed by atoms with E-state index in [2.05, 4.69) is 15.9 Å². The minimum atomic E-state index is -0.482. The van der Waals surface area contributed by atoms with Gasteiger partial charge in [-0.3, -0.25) is 19.3 Å². The van der Waals surface area contributed by atoms with Gasteiger partial charge in [0.1, 0.15) is 13.2 Å². The summed E-state index contributed by atoms with van der Waals surface area (Å²) in [5, 5.41) is -0.460. The number of halogens is 1. The molecule has 4 rings (SSSR count). The Morgan fingerprint density at radius 1 is 1.12 bits per heavy atom. The zero-order valence-electron chi connectivity index (χ0n) is 18.5. The molecule has 0 N–H and O–H groups in total. The summed E-state index contributed by atoms with van der Waals surface area (Å²) in [5.41, 5.74) is 1.67. The van der Waals surface area contributed by atoms with Gasteiger partial charge in [-0.15, -0.1) is 0 Å². The van der Waals surface area contributed by atoms with Crippen LogP contribution in [-0.4, -0.2) is 66.8 Å². The predicted octanol–water partition coefficient (Wildman–Crippen LogP) is 3.93. The summed E-state index contributed by atoms with van der Waals surface area (Å²) in [5.74, 6) is 0.323. The molecule has 0 saturated carbocycles. The average molecular weight is 547 g/mol. The number of carbonyl (C=O) groups excluding carboxylic acids is 3. The minimum Gasteiger partial charge on any atom is -0.493 e. The van der Waals surface area contributed by atoms with E-state index in [-0.39, 0.29) is 17.4 Å². The lowest BCUT2D eigenvalue weighted by Crippen LogP contribution is -2.46. The van der Waals surface area contributed by atoms with E-state index >= 15 is 0 Å². The van der Waals surface area contributed by atoms with E-state index in [4.69, 9.17) is 14.2 Å². The molecule has 2 aliphatic rings. The van der Waals surface area contributed by atoms with Crippen molar-refractivity contribution >= 4 is 50.8 Å². The first-order chi connectivity index (χ1) is 16.4. The Bertz CT molecular complexity index is 1110. The Morgan fingerprint density at radius 3 is 2.56 bits per heavy atom. The van der Waals surface area contributed by atoms with Crippen LogP contribution in [0.3, 0.4) is 0 Å². The number of nitrogens with zero attached hydrogens (tertiary/aromatic N) is 2. The molecule has 0 aromatic heterocycles. The van der Waals surface area contributed by atoms with Crippen LogP contribution in [0.25, 0.3) is 6.08 Å². The maximum atomic E-state index is 12.8. The smallest absolute Gasteiger partial charge is 0.294 e. The standard InChI is InChI=1S/C24H23BrN2O6S/c1-31-19-7-4-17(12-20(19)33-15-16-2-5-18(25)6-3-16)13-21-23(29)27(24(30)34-21)14-22(28)26-8-10-32-11-9-26/h2-7,12-13H,8-11,14-15H2,1H3/b21-13-. The largest absolute Gasteiger partial charge is 0.493 e. The maximum absolute atomic E-state index is 12.8. The third-order valence-electron chi connectivity index (χ3n) is 5.32. The number of ether oxygens (including phenoxy) is 3. The lowest BCUT2D eigenvalue weighted by atomic mass is 10.1. The molecule has 2 saturated heterocycles. The number of benzene rings is 2. The van der Waals surface area contributed by atoms with Crippen LogP contribution in [0.15, 0.2) is 51.8 Å². The van der Waals surface area contributed by atoms with Gasteiger partial charge >= 0.3 is 0 Å². The van der Waals surface area contributed by atoms with Gasteiger partial charge < -0.3 is 19.1 Å². The topological polar surface area (TPSA) is 85.4 Å². The molecule has 0 atom stereocenters. The number of amides is 3. The maximum Gasteiger partial charge on any atom is 0.294 e. The molecule has 0 spiro atoms. The number of hydrogen-bond acceptors (Lipinski definition) is 7. The van der Waals surface area contributed by atoms with Crippen molar-refractivity contribution in [1.82, 2.24) is 9.80 Å².